The van der Waals surface area contributed by atoms with Crippen LogP contribution in [0.1, 0.15) is 18.6 Å². The number of hydrogen-bond acceptors (Lipinski definition) is 3. The Labute approximate surface area is 77.5 Å². The number of rotatable bonds is 2. The molecule has 12 heavy (non-hydrogen) atoms. The molecular formula is C8H12ClNO2. The molecule has 1 aromatic rings. The third-order valence-electron chi connectivity index (χ3n) is 1.57. The van der Waals surface area contributed by atoms with Gasteiger partial charge in [-0.1, -0.05) is 12.1 Å². The van der Waals surface area contributed by atoms with Gasteiger partial charge in [0.05, 0.1) is 0 Å². The molecule has 4 heteroatoms. The fourth-order valence-corrected chi connectivity index (χ4v) is 0.824. The predicted octanol–water partition coefficient (Wildman–Crippen LogP) is 1.77. The van der Waals surface area contributed by atoms with Gasteiger partial charge >= 0.3 is 0 Å². The molecule has 0 aliphatic rings. The van der Waals surface area contributed by atoms with Crippen molar-refractivity contribution >= 4 is 12.4 Å². The zero-order valence-corrected chi connectivity index (χ0v) is 7.54. The first kappa shape index (κ1) is 11.2. The molecule has 0 aliphatic carbocycles. The Bertz CT molecular complexity index is 225. The van der Waals surface area contributed by atoms with E-state index < -0.39 is 0 Å². The molecule has 1 unspecified atom stereocenters. The van der Waals surface area contributed by atoms with Crippen LogP contribution in [0.25, 0.3) is 0 Å². The van der Waals surface area contributed by atoms with Gasteiger partial charge in [0.2, 0.25) is 0 Å². The Kier molecular flexibility index (Phi) is 4.66. The molecule has 0 fully saturated rings. The van der Waals surface area contributed by atoms with Crippen molar-refractivity contribution in [2.24, 2.45) is 5.90 Å². The molecule has 0 aliphatic heterocycles. The van der Waals surface area contributed by atoms with E-state index in [9.17, 15) is 0 Å². The van der Waals surface area contributed by atoms with E-state index >= 15 is 0 Å². The molecule has 0 saturated carbocycles. The van der Waals surface area contributed by atoms with Gasteiger partial charge in [0.15, 0.2) is 0 Å². The van der Waals surface area contributed by atoms with Crippen LogP contribution in [0.2, 0.25) is 0 Å². The standard InChI is InChI=1S/C8H11NO2.ClH/c1-6(11-9)7-2-4-8(10)5-3-7;/h2-6,10H,9H2,1H3;1H. The largest absolute Gasteiger partial charge is 0.508 e. The SMILES string of the molecule is CC(ON)c1ccc(O)cc1.Cl. The number of aromatic hydroxyl groups is 1. The van der Waals surface area contributed by atoms with Crippen molar-refractivity contribution < 1.29 is 9.94 Å². The summed E-state index contributed by atoms with van der Waals surface area (Å²) in [6, 6.07) is 6.75. The van der Waals surface area contributed by atoms with Crippen molar-refractivity contribution in [3.05, 3.63) is 29.8 Å². The lowest BCUT2D eigenvalue weighted by molar-refractivity contribution is 0.0664. The fourth-order valence-electron chi connectivity index (χ4n) is 0.824. The first-order chi connectivity index (χ1) is 5.24. The molecule has 0 saturated heterocycles. The van der Waals surface area contributed by atoms with Crippen molar-refractivity contribution in [2.45, 2.75) is 13.0 Å². The highest BCUT2D eigenvalue weighted by atomic mass is 35.5. The third-order valence-corrected chi connectivity index (χ3v) is 1.57. The van der Waals surface area contributed by atoms with E-state index in [0.29, 0.717) is 0 Å². The van der Waals surface area contributed by atoms with Crippen molar-refractivity contribution in [2.75, 3.05) is 0 Å². The predicted molar refractivity (Wildman–Crippen MR) is 49.0 cm³/mol. The Hall–Kier alpha value is -0.770. The smallest absolute Gasteiger partial charge is 0.115 e. The highest BCUT2D eigenvalue weighted by Gasteiger charge is 2.02. The maximum atomic E-state index is 8.94. The summed E-state index contributed by atoms with van der Waals surface area (Å²) in [5, 5.41) is 8.94. The summed E-state index contributed by atoms with van der Waals surface area (Å²) in [5.41, 5.74) is 0.949. The molecule has 0 bridgehead atoms. The average Bonchev–Trinajstić information content (AvgIpc) is 2.05. The lowest BCUT2D eigenvalue weighted by atomic mass is 10.1. The van der Waals surface area contributed by atoms with Crippen LogP contribution >= 0.6 is 12.4 Å². The molecule has 0 amide bonds. The van der Waals surface area contributed by atoms with Crippen molar-refractivity contribution in [3.63, 3.8) is 0 Å². The van der Waals surface area contributed by atoms with Gasteiger partial charge in [-0.3, -0.25) is 4.84 Å². The molecule has 0 radical (unpaired) electrons. The van der Waals surface area contributed by atoms with Gasteiger partial charge in [-0.2, -0.15) is 0 Å². The molecule has 0 heterocycles. The number of phenolic OH excluding ortho intramolecular Hbond substituents is 1. The summed E-state index contributed by atoms with van der Waals surface area (Å²) in [5.74, 6) is 5.23. The Balaban J connectivity index is 0.00000121. The van der Waals surface area contributed by atoms with Crippen molar-refractivity contribution in [3.8, 4) is 5.75 Å². The first-order valence-corrected chi connectivity index (χ1v) is 3.38. The van der Waals surface area contributed by atoms with Gasteiger partial charge in [0.25, 0.3) is 0 Å². The minimum atomic E-state index is -0.129. The highest BCUT2D eigenvalue weighted by molar-refractivity contribution is 5.85. The summed E-state index contributed by atoms with van der Waals surface area (Å²) < 4.78 is 0. The maximum absolute atomic E-state index is 8.94. The summed E-state index contributed by atoms with van der Waals surface area (Å²) in [6.07, 6.45) is -0.129. The minimum absolute atomic E-state index is 0. The average molecular weight is 190 g/mol. The van der Waals surface area contributed by atoms with Gasteiger partial charge in [-0.25, -0.2) is 5.90 Å². The number of halogens is 1. The van der Waals surface area contributed by atoms with Gasteiger partial charge in [-0.05, 0) is 24.6 Å². The van der Waals surface area contributed by atoms with E-state index in [1.54, 1.807) is 24.3 Å². The molecule has 3 nitrogen and oxygen atoms in total. The van der Waals surface area contributed by atoms with Crippen LogP contribution in [-0.2, 0) is 4.84 Å². The van der Waals surface area contributed by atoms with Crippen molar-refractivity contribution in [1.29, 1.82) is 0 Å². The second-order valence-corrected chi connectivity index (χ2v) is 2.37. The first-order valence-electron chi connectivity index (χ1n) is 3.38. The second kappa shape index (κ2) is 4.98. The van der Waals surface area contributed by atoms with Crippen LogP contribution in [0.4, 0.5) is 0 Å². The van der Waals surface area contributed by atoms with Crippen LogP contribution in [0.15, 0.2) is 24.3 Å². The van der Waals surface area contributed by atoms with E-state index in [1.165, 1.54) is 0 Å². The van der Waals surface area contributed by atoms with Gasteiger partial charge in [-0.15, -0.1) is 12.4 Å². The van der Waals surface area contributed by atoms with E-state index in [4.69, 9.17) is 11.0 Å². The van der Waals surface area contributed by atoms with E-state index in [1.807, 2.05) is 6.92 Å². The summed E-state index contributed by atoms with van der Waals surface area (Å²) in [4.78, 5) is 4.59. The molecule has 1 atom stereocenters. The summed E-state index contributed by atoms with van der Waals surface area (Å²) in [6.45, 7) is 1.84. The summed E-state index contributed by atoms with van der Waals surface area (Å²) >= 11 is 0. The van der Waals surface area contributed by atoms with Gasteiger partial charge < -0.3 is 5.11 Å². The zero-order valence-electron chi connectivity index (χ0n) is 6.73. The van der Waals surface area contributed by atoms with Gasteiger partial charge in [0.1, 0.15) is 11.9 Å². The lowest BCUT2D eigenvalue weighted by Crippen LogP contribution is -2.04. The molecule has 1 rings (SSSR count). The van der Waals surface area contributed by atoms with Crippen LogP contribution in [0.3, 0.4) is 0 Å². The monoisotopic (exact) mass is 189 g/mol. The second-order valence-electron chi connectivity index (χ2n) is 2.37. The fraction of sp³-hybridized carbons (Fsp3) is 0.250. The van der Waals surface area contributed by atoms with Crippen LogP contribution in [-0.4, -0.2) is 5.11 Å². The lowest BCUT2D eigenvalue weighted by Gasteiger charge is -2.07. The van der Waals surface area contributed by atoms with Crippen molar-refractivity contribution in [1.82, 2.24) is 0 Å². The third kappa shape index (κ3) is 2.70. The number of hydrogen-bond donors (Lipinski definition) is 2. The van der Waals surface area contributed by atoms with Crippen LogP contribution < -0.4 is 5.90 Å². The Morgan fingerprint density at radius 2 is 1.83 bits per heavy atom. The maximum Gasteiger partial charge on any atom is 0.115 e. The molecule has 1 aromatic carbocycles. The van der Waals surface area contributed by atoms with E-state index in [-0.39, 0.29) is 24.3 Å². The molecule has 0 spiro atoms. The summed E-state index contributed by atoms with van der Waals surface area (Å²) in [7, 11) is 0. The molecular weight excluding hydrogens is 178 g/mol. The van der Waals surface area contributed by atoms with E-state index in [2.05, 4.69) is 4.84 Å². The molecule has 3 N–H and O–H groups in total. The quantitative estimate of drug-likeness (QED) is 0.698. The number of nitrogens with two attached hydrogens (primary N) is 1. The highest BCUT2D eigenvalue weighted by Crippen LogP contribution is 2.17. The normalized spacial score (nSPS) is 11.8. The topological polar surface area (TPSA) is 55.5 Å². The number of benzene rings is 1. The Morgan fingerprint density at radius 1 is 1.33 bits per heavy atom. The number of phenols is 1. The molecule has 68 valence electrons. The minimum Gasteiger partial charge on any atom is -0.508 e. The zero-order chi connectivity index (χ0) is 8.27. The Morgan fingerprint density at radius 3 is 2.25 bits per heavy atom. The van der Waals surface area contributed by atoms with Crippen LogP contribution in [0, 0.1) is 0 Å². The van der Waals surface area contributed by atoms with Crippen LogP contribution in [0.5, 0.6) is 5.75 Å². The van der Waals surface area contributed by atoms with E-state index in [0.717, 1.165) is 5.56 Å². The van der Waals surface area contributed by atoms with Gasteiger partial charge in [0, 0.05) is 0 Å². The molecule has 0 aromatic heterocycles.